The van der Waals surface area contributed by atoms with Crippen LogP contribution in [-0.4, -0.2) is 24.5 Å². The first-order chi connectivity index (χ1) is 28.1. The molecule has 7 aromatic carbocycles. The van der Waals surface area contributed by atoms with E-state index in [9.17, 15) is 0 Å². The minimum atomic E-state index is 0.592. The van der Waals surface area contributed by atoms with Crippen LogP contribution in [0.25, 0.3) is 95.0 Å². The maximum atomic E-state index is 5.23. The topological polar surface area (TPSA) is 56.5 Å². The summed E-state index contributed by atoms with van der Waals surface area (Å²) in [4.78, 5) is 20.0. The maximum absolute atomic E-state index is 5.23. The van der Waals surface area contributed by atoms with E-state index in [1.807, 2.05) is 79.1 Å². The van der Waals surface area contributed by atoms with Gasteiger partial charge in [0.15, 0.2) is 17.5 Å². The van der Waals surface area contributed by atoms with Gasteiger partial charge in [-0.2, -0.15) is 0 Å². The molecule has 5 nitrogen and oxygen atoms in total. The Labute approximate surface area is 331 Å². The molecular weight excluding hydrogens is 695 g/mol. The molecule has 0 aliphatic heterocycles. The second-order valence-electron chi connectivity index (χ2n) is 14.5. The maximum Gasteiger partial charge on any atom is 0.166 e. The highest BCUT2D eigenvalue weighted by Gasteiger charge is 2.21. The van der Waals surface area contributed by atoms with Crippen LogP contribution in [0.2, 0.25) is 0 Å². The Hall–Kier alpha value is -7.50. The average molecular weight is 732 g/mol. The van der Waals surface area contributed by atoms with E-state index >= 15 is 0 Å². The number of hydrogen-bond acceptors (Lipinski definition) is 4. The minimum absolute atomic E-state index is 0.592. The number of rotatable bonds is 7. The number of hydrogen-bond donors (Lipinski definition) is 0. The standard InChI is InChI=1S/C52H37N5/c1-34-15-19-36(20-16-34)40-23-26-44-45-27-24-41(37-21-17-35(2)18-22-37)31-48(45)57(47(44)30-40)49-32-42(43-14-9-29-53-33-43)25-28-46(49)52-55-50(38-10-5-3-6-11-38)54-51(56-52)39-12-7-4-8-13-39/h3-33H,1-2H3. The van der Waals surface area contributed by atoms with Crippen molar-refractivity contribution in [2.24, 2.45) is 0 Å². The fourth-order valence-corrected chi connectivity index (χ4v) is 7.68. The SMILES string of the molecule is Cc1ccc(-c2ccc3c4ccc(-c5ccc(C)cc5)cc4n(-c4cc(-c5cccnc5)ccc4-c4nc(-c5ccccc5)nc(-c5ccccc5)n4)c3c2)cc1. The van der Waals surface area contributed by atoms with Crippen molar-refractivity contribution in [1.82, 2.24) is 24.5 Å². The molecule has 0 unspecified atom stereocenters. The molecule has 0 spiro atoms. The van der Waals surface area contributed by atoms with Crippen LogP contribution in [0.3, 0.4) is 0 Å². The molecule has 0 aliphatic rings. The molecular formula is C52H37N5. The molecule has 10 aromatic rings. The van der Waals surface area contributed by atoms with E-state index in [0.717, 1.165) is 55.7 Å². The van der Waals surface area contributed by atoms with Crippen molar-refractivity contribution in [3.63, 3.8) is 0 Å². The highest BCUT2D eigenvalue weighted by atomic mass is 15.1. The summed E-state index contributed by atoms with van der Waals surface area (Å²) in [5.74, 6) is 1.83. The van der Waals surface area contributed by atoms with Crippen molar-refractivity contribution in [2.75, 3.05) is 0 Å². The highest BCUT2D eigenvalue weighted by Crippen LogP contribution is 2.41. The Balaban J connectivity index is 1.30. The first-order valence-electron chi connectivity index (χ1n) is 19.2. The number of nitrogens with zero attached hydrogens (tertiary/aromatic N) is 5. The lowest BCUT2D eigenvalue weighted by Crippen LogP contribution is -2.04. The summed E-state index contributed by atoms with van der Waals surface area (Å²) >= 11 is 0. The first kappa shape index (κ1) is 34.0. The summed E-state index contributed by atoms with van der Waals surface area (Å²) in [6.07, 6.45) is 3.73. The molecule has 0 radical (unpaired) electrons. The van der Waals surface area contributed by atoms with Gasteiger partial charge in [-0.05, 0) is 72.0 Å². The Morgan fingerprint density at radius 3 is 1.33 bits per heavy atom. The zero-order valence-corrected chi connectivity index (χ0v) is 31.6. The molecule has 270 valence electrons. The van der Waals surface area contributed by atoms with Gasteiger partial charge in [-0.25, -0.2) is 15.0 Å². The Kier molecular flexibility index (Phi) is 8.53. The fraction of sp³-hybridized carbons (Fsp3) is 0.0385. The van der Waals surface area contributed by atoms with Gasteiger partial charge >= 0.3 is 0 Å². The average Bonchev–Trinajstić information content (AvgIpc) is 3.60. The summed E-state index contributed by atoms with van der Waals surface area (Å²) < 4.78 is 2.41. The molecule has 0 amide bonds. The molecule has 10 rings (SSSR count). The van der Waals surface area contributed by atoms with Crippen molar-refractivity contribution in [2.45, 2.75) is 13.8 Å². The molecule has 0 aliphatic carbocycles. The van der Waals surface area contributed by atoms with Gasteiger partial charge in [0.05, 0.1) is 16.7 Å². The van der Waals surface area contributed by atoms with E-state index in [-0.39, 0.29) is 0 Å². The van der Waals surface area contributed by atoms with Gasteiger partial charge < -0.3 is 4.57 Å². The van der Waals surface area contributed by atoms with Crippen LogP contribution in [0.5, 0.6) is 0 Å². The molecule has 3 aromatic heterocycles. The zero-order chi connectivity index (χ0) is 38.3. The molecule has 0 saturated heterocycles. The van der Waals surface area contributed by atoms with Crippen LogP contribution in [-0.2, 0) is 0 Å². The van der Waals surface area contributed by atoms with Crippen molar-refractivity contribution in [3.05, 3.63) is 199 Å². The van der Waals surface area contributed by atoms with Crippen LogP contribution in [0, 0.1) is 13.8 Å². The van der Waals surface area contributed by atoms with Crippen LogP contribution in [0.4, 0.5) is 0 Å². The Morgan fingerprint density at radius 1 is 0.368 bits per heavy atom. The lowest BCUT2D eigenvalue weighted by atomic mass is 10.0. The van der Waals surface area contributed by atoms with Crippen LogP contribution >= 0.6 is 0 Å². The van der Waals surface area contributed by atoms with Crippen molar-refractivity contribution in [1.29, 1.82) is 0 Å². The van der Waals surface area contributed by atoms with E-state index in [0.29, 0.717) is 17.5 Å². The molecule has 3 heterocycles. The van der Waals surface area contributed by atoms with Crippen LogP contribution in [0.1, 0.15) is 11.1 Å². The lowest BCUT2D eigenvalue weighted by molar-refractivity contribution is 1.06. The fourth-order valence-electron chi connectivity index (χ4n) is 7.68. The zero-order valence-electron chi connectivity index (χ0n) is 31.6. The van der Waals surface area contributed by atoms with Gasteiger partial charge in [-0.1, -0.05) is 157 Å². The Bertz CT molecular complexity index is 2880. The molecule has 5 heteroatoms. The number of aryl methyl sites for hydroxylation is 2. The Morgan fingerprint density at radius 2 is 0.825 bits per heavy atom. The number of aromatic nitrogens is 5. The summed E-state index contributed by atoms with van der Waals surface area (Å²) in [7, 11) is 0. The number of fused-ring (bicyclic) bond motifs is 3. The quantitative estimate of drug-likeness (QED) is 0.164. The van der Waals surface area contributed by atoms with Crippen LogP contribution < -0.4 is 0 Å². The summed E-state index contributed by atoms with van der Waals surface area (Å²) in [6.45, 7) is 4.25. The molecule has 0 saturated carbocycles. The molecule has 0 bridgehead atoms. The second kappa shape index (κ2) is 14.3. The molecule has 0 N–H and O–H groups in total. The van der Waals surface area contributed by atoms with Gasteiger partial charge in [-0.15, -0.1) is 0 Å². The molecule has 57 heavy (non-hydrogen) atoms. The smallest absolute Gasteiger partial charge is 0.166 e. The van der Waals surface area contributed by atoms with Crippen molar-refractivity contribution in [3.8, 4) is 73.2 Å². The molecule has 0 fully saturated rings. The largest absolute Gasteiger partial charge is 0.308 e. The highest BCUT2D eigenvalue weighted by molar-refractivity contribution is 6.11. The van der Waals surface area contributed by atoms with E-state index in [1.165, 1.54) is 33.0 Å². The van der Waals surface area contributed by atoms with E-state index in [2.05, 4.69) is 133 Å². The first-order valence-corrected chi connectivity index (χ1v) is 19.2. The van der Waals surface area contributed by atoms with Crippen molar-refractivity contribution >= 4 is 21.8 Å². The van der Waals surface area contributed by atoms with Gasteiger partial charge in [0, 0.05) is 45.4 Å². The number of pyridine rings is 1. The normalized spacial score (nSPS) is 11.3. The van der Waals surface area contributed by atoms with Crippen molar-refractivity contribution < 1.29 is 0 Å². The van der Waals surface area contributed by atoms with E-state index < -0.39 is 0 Å². The van der Waals surface area contributed by atoms with E-state index in [1.54, 1.807) is 0 Å². The third-order valence-corrected chi connectivity index (χ3v) is 10.7. The minimum Gasteiger partial charge on any atom is -0.308 e. The third kappa shape index (κ3) is 6.45. The lowest BCUT2D eigenvalue weighted by Gasteiger charge is -2.17. The van der Waals surface area contributed by atoms with E-state index in [4.69, 9.17) is 15.0 Å². The predicted octanol–water partition coefficient (Wildman–Crippen LogP) is 13.0. The number of benzene rings is 7. The monoisotopic (exact) mass is 731 g/mol. The van der Waals surface area contributed by atoms with Gasteiger partial charge in [0.1, 0.15) is 0 Å². The molecule has 0 atom stereocenters. The summed E-state index contributed by atoms with van der Waals surface area (Å²) in [5.41, 5.74) is 15.0. The summed E-state index contributed by atoms with van der Waals surface area (Å²) in [5, 5.41) is 2.33. The third-order valence-electron chi connectivity index (χ3n) is 10.7. The van der Waals surface area contributed by atoms with Gasteiger partial charge in [0.25, 0.3) is 0 Å². The summed E-state index contributed by atoms with van der Waals surface area (Å²) in [6, 6.07) is 62.1. The van der Waals surface area contributed by atoms with Gasteiger partial charge in [0.2, 0.25) is 0 Å². The van der Waals surface area contributed by atoms with Gasteiger partial charge in [-0.3, -0.25) is 4.98 Å². The predicted molar refractivity (Wildman–Crippen MR) is 234 cm³/mol. The van der Waals surface area contributed by atoms with Crippen LogP contribution in [0.15, 0.2) is 188 Å². The second-order valence-corrected chi connectivity index (χ2v) is 14.5.